The number of aryl methyl sites for hydroxylation is 2. The van der Waals surface area contributed by atoms with Crippen molar-refractivity contribution < 1.29 is 18.2 Å². The Morgan fingerprint density at radius 2 is 1.93 bits per heavy atom. The van der Waals surface area contributed by atoms with Gasteiger partial charge in [0.25, 0.3) is 0 Å². The highest BCUT2D eigenvalue weighted by Crippen LogP contribution is 2.25. The summed E-state index contributed by atoms with van der Waals surface area (Å²) < 4.78 is 23.4. The number of hydrogen-bond acceptors (Lipinski definition) is 5. The Hall–Kier alpha value is -2.93. The lowest BCUT2D eigenvalue weighted by Crippen LogP contribution is -2.30. The molecule has 7 heteroatoms. The second-order valence-corrected chi connectivity index (χ2v) is 8.52. The van der Waals surface area contributed by atoms with E-state index >= 15 is 0 Å². The summed E-state index contributed by atoms with van der Waals surface area (Å²) in [7, 11) is 0.227. The minimum Gasteiger partial charge on any atom is -0.497 e. The number of hydrogen-bond donors (Lipinski definition) is 1. The molecule has 0 spiro atoms. The normalized spacial score (nSPS) is 11.8. The maximum Gasteiger partial charge on any atom is 0.232 e. The minimum absolute atomic E-state index is 0.0608. The van der Waals surface area contributed by atoms with E-state index in [0.717, 1.165) is 17.5 Å². The first-order valence-corrected chi connectivity index (χ1v) is 11.2. The zero-order valence-electron chi connectivity index (χ0n) is 17.4. The molecule has 0 fully saturated rings. The van der Waals surface area contributed by atoms with E-state index in [1.54, 1.807) is 14.0 Å². The highest BCUT2D eigenvalue weighted by atomic mass is 32.2. The van der Waals surface area contributed by atoms with E-state index in [1.165, 1.54) is 5.56 Å². The molecule has 0 bridgehead atoms. The Bertz CT molecular complexity index is 1030. The predicted octanol–water partition coefficient (Wildman–Crippen LogP) is 3.57. The van der Waals surface area contributed by atoms with E-state index in [-0.39, 0.29) is 17.4 Å². The van der Waals surface area contributed by atoms with Crippen LogP contribution < -0.4 is 10.1 Å². The lowest BCUT2D eigenvalue weighted by atomic mass is 10.1. The van der Waals surface area contributed by atoms with Crippen molar-refractivity contribution in [1.29, 1.82) is 0 Å². The first-order chi connectivity index (χ1) is 14.4. The molecule has 0 aliphatic heterocycles. The van der Waals surface area contributed by atoms with Crippen LogP contribution in [-0.4, -0.2) is 34.5 Å². The van der Waals surface area contributed by atoms with Gasteiger partial charge in [0, 0.05) is 22.9 Å². The molecule has 2 aromatic carbocycles. The molecule has 0 saturated heterocycles. The molecule has 3 rings (SSSR count). The molecular formula is C23H26N2O4S. The number of amides is 1. The summed E-state index contributed by atoms with van der Waals surface area (Å²) in [6.45, 7) is 4.34. The second-order valence-electron chi connectivity index (χ2n) is 7.07. The summed E-state index contributed by atoms with van der Waals surface area (Å²) in [6.07, 6.45) is 0.741. The average molecular weight is 427 g/mol. The quantitative estimate of drug-likeness (QED) is 0.566. The van der Waals surface area contributed by atoms with Crippen LogP contribution in [0.5, 0.6) is 5.75 Å². The Morgan fingerprint density at radius 1 is 1.17 bits per heavy atom. The molecule has 1 aromatic heterocycles. The van der Waals surface area contributed by atoms with Gasteiger partial charge in [-0.15, -0.1) is 0 Å². The van der Waals surface area contributed by atoms with E-state index in [2.05, 4.69) is 10.3 Å². The SMILES string of the molecule is COc1cccc(-c2nc(C[S@@](=O)CC(=O)NCCc3ccc(C)cc3)c(C)o2)c1. The van der Waals surface area contributed by atoms with Crippen molar-refractivity contribution in [3.63, 3.8) is 0 Å². The monoisotopic (exact) mass is 426 g/mol. The number of aromatic nitrogens is 1. The number of carbonyl (C=O) groups is 1. The van der Waals surface area contributed by atoms with Gasteiger partial charge in [0.15, 0.2) is 0 Å². The van der Waals surface area contributed by atoms with Crippen LogP contribution in [0.15, 0.2) is 52.9 Å². The smallest absolute Gasteiger partial charge is 0.232 e. The molecule has 0 radical (unpaired) electrons. The van der Waals surface area contributed by atoms with Gasteiger partial charge in [-0.3, -0.25) is 9.00 Å². The van der Waals surface area contributed by atoms with Crippen LogP contribution in [0.2, 0.25) is 0 Å². The van der Waals surface area contributed by atoms with Crippen LogP contribution in [0.25, 0.3) is 11.5 Å². The summed E-state index contributed by atoms with van der Waals surface area (Å²) in [6, 6.07) is 15.6. The molecule has 0 unspecified atom stereocenters. The van der Waals surface area contributed by atoms with E-state index in [4.69, 9.17) is 9.15 Å². The topological polar surface area (TPSA) is 81.4 Å². The van der Waals surface area contributed by atoms with Gasteiger partial charge in [0.1, 0.15) is 17.3 Å². The molecule has 0 aliphatic rings. The van der Waals surface area contributed by atoms with Gasteiger partial charge in [-0.2, -0.15) is 0 Å². The van der Waals surface area contributed by atoms with Crippen molar-refractivity contribution >= 4 is 16.7 Å². The van der Waals surface area contributed by atoms with Crippen LogP contribution in [0.1, 0.15) is 22.6 Å². The van der Waals surface area contributed by atoms with Crippen LogP contribution in [-0.2, 0) is 27.8 Å². The van der Waals surface area contributed by atoms with Gasteiger partial charge >= 0.3 is 0 Å². The first kappa shape index (κ1) is 21.8. The van der Waals surface area contributed by atoms with E-state index in [1.807, 2.05) is 55.5 Å². The van der Waals surface area contributed by atoms with Gasteiger partial charge in [0.2, 0.25) is 11.8 Å². The number of nitrogens with one attached hydrogen (secondary N) is 1. The van der Waals surface area contributed by atoms with Crippen LogP contribution >= 0.6 is 0 Å². The van der Waals surface area contributed by atoms with Crippen LogP contribution in [0.4, 0.5) is 0 Å². The van der Waals surface area contributed by atoms with E-state index in [0.29, 0.717) is 29.6 Å². The highest BCUT2D eigenvalue weighted by molar-refractivity contribution is 7.84. The molecule has 1 atom stereocenters. The largest absolute Gasteiger partial charge is 0.497 e. The van der Waals surface area contributed by atoms with Crippen molar-refractivity contribution in [2.24, 2.45) is 0 Å². The number of benzene rings is 2. The molecule has 158 valence electrons. The molecular weight excluding hydrogens is 400 g/mol. The number of carbonyl (C=O) groups excluding carboxylic acids is 1. The zero-order valence-corrected chi connectivity index (χ0v) is 18.3. The maximum atomic E-state index is 12.4. The van der Waals surface area contributed by atoms with Gasteiger partial charge < -0.3 is 14.5 Å². The van der Waals surface area contributed by atoms with Gasteiger partial charge in [0.05, 0.1) is 18.6 Å². The average Bonchev–Trinajstić information content (AvgIpc) is 3.09. The zero-order chi connectivity index (χ0) is 21.5. The molecule has 0 saturated carbocycles. The van der Waals surface area contributed by atoms with Crippen molar-refractivity contribution in [2.75, 3.05) is 19.4 Å². The van der Waals surface area contributed by atoms with Crippen molar-refractivity contribution in [1.82, 2.24) is 10.3 Å². The fraction of sp³-hybridized carbons (Fsp3) is 0.304. The third kappa shape index (κ3) is 6.03. The maximum absolute atomic E-state index is 12.4. The Labute approximate surface area is 179 Å². The van der Waals surface area contributed by atoms with E-state index < -0.39 is 10.8 Å². The Kier molecular flexibility index (Phi) is 7.41. The summed E-state index contributed by atoms with van der Waals surface area (Å²) in [5, 5.41) is 2.83. The van der Waals surface area contributed by atoms with Crippen molar-refractivity contribution in [3.8, 4) is 17.2 Å². The number of oxazole rings is 1. The number of rotatable bonds is 9. The van der Waals surface area contributed by atoms with E-state index in [9.17, 15) is 9.00 Å². The van der Waals surface area contributed by atoms with Crippen LogP contribution in [0.3, 0.4) is 0 Å². The number of ether oxygens (including phenoxy) is 1. The summed E-state index contributed by atoms with van der Waals surface area (Å²) in [5.41, 5.74) is 3.74. The molecule has 30 heavy (non-hydrogen) atoms. The molecule has 1 heterocycles. The Balaban J connectivity index is 1.51. The van der Waals surface area contributed by atoms with Crippen LogP contribution in [0, 0.1) is 13.8 Å². The third-order valence-corrected chi connectivity index (χ3v) is 5.84. The lowest BCUT2D eigenvalue weighted by Gasteiger charge is -2.05. The number of nitrogens with zero attached hydrogens (tertiary/aromatic N) is 1. The number of methoxy groups -OCH3 is 1. The standard InChI is InChI=1S/C23H26N2O4S/c1-16-7-9-18(10-8-16)11-12-24-22(26)15-30(27)14-21-17(2)29-23(25-21)19-5-4-6-20(13-19)28-3/h4-10,13H,11-12,14-15H2,1-3H3,(H,24,26)/t30-/m1/s1. The highest BCUT2D eigenvalue weighted by Gasteiger charge is 2.16. The molecule has 1 N–H and O–H groups in total. The fourth-order valence-corrected chi connectivity index (χ4v) is 4.01. The predicted molar refractivity (Wildman–Crippen MR) is 118 cm³/mol. The second kappa shape index (κ2) is 10.2. The third-order valence-electron chi connectivity index (χ3n) is 4.66. The van der Waals surface area contributed by atoms with Crippen molar-refractivity contribution in [2.45, 2.75) is 26.0 Å². The van der Waals surface area contributed by atoms with Gasteiger partial charge in [-0.1, -0.05) is 35.9 Å². The first-order valence-electron chi connectivity index (χ1n) is 9.72. The minimum atomic E-state index is -1.37. The summed E-state index contributed by atoms with van der Waals surface area (Å²) >= 11 is 0. The molecule has 3 aromatic rings. The van der Waals surface area contributed by atoms with Gasteiger partial charge in [-0.05, 0) is 44.0 Å². The summed E-state index contributed by atoms with van der Waals surface area (Å²) in [4.78, 5) is 16.6. The lowest BCUT2D eigenvalue weighted by molar-refractivity contribution is -0.118. The fourth-order valence-electron chi connectivity index (χ4n) is 2.94. The molecule has 1 amide bonds. The molecule has 6 nitrogen and oxygen atoms in total. The summed E-state index contributed by atoms with van der Waals surface area (Å²) in [5.74, 6) is 1.63. The van der Waals surface area contributed by atoms with Gasteiger partial charge in [-0.25, -0.2) is 4.98 Å². The Morgan fingerprint density at radius 3 is 2.67 bits per heavy atom. The van der Waals surface area contributed by atoms with Crippen molar-refractivity contribution in [3.05, 3.63) is 71.1 Å². The molecule has 0 aliphatic carbocycles.